The van der Waals surface area contributed by atoms with Gasteiger partial charge in [-0.25, -0.2) is 4.98 Å². The van der Waals surface area contributed by atoms with Crippen molar-refractivity contribution in [2.45, 2.75) is 6.92 Å². The molecule has 0 spiro atoms. The molecule has 3 rings (SSSR count). The van der Waals surface area contributed by atoms with Crippen LogP contribution in [0.15, 0.2) is 60.8 Å². The smallest absolute Gasteiger partial charge is 0.259 e. The third-order valence-electron chi connectivity index (χ3n) is 4.30. The van der Waals surface area contributed by atoms with Crippen LogP contribution < -0.4 is 20.1 Å². The van der Waals surface area contributed by atoms with Gasteiger partial charge in [0.15, 0.2) is 0 Å². The Labute approximate surface area is 174 Å². The molecular formula is C22H21N3O3S. The summed E-state index contributed by atoms with van der Waals surface area (Å²) in [6.07, 6.45) is 1.71. The van der Waals surface area contributed by atoms with E-state index < -0.39 is 0 Å². The zero-order chi connectivity index (χ0) is 20.8. The van der Waals surface area contributed by atoms with Crippen molar-refractivity contribution in [1.82, 2.24) is 4.98 Å². The molecule has 2 aromatic carbocycles. The molecule has 0 saturated carbocycles. The topological polar surface area (TPSA) is 72.5 Å². The number of amides is 1. The molecule has 0 atom stereocenters. The van der Waals surface area contributed by atoms with Crippen molar-refractivity contribution >= 4 is 34.6 Å². The monoisotopic (exact) mass is 407 g/mol. The second-order valence-corrected chi connectivity index (χ2v) is 6.63. The molecule has 1 amide bonds. The Hall–Kier alpha value is -3.45. The molecule has 29 heavy (non-hydrogen) atoms. The quantitative estimate of drug-likeness (QED) is 0.589. The first-order chi connectivity index (χ1) is 14.0. The van der Waals surface area contributed by atoms with Gasteiger partial charge in [0, 0.05) is 23.5 Å². The number of methoxy groups -OCH3 is 2. The Morgan fingerprint density at radius 3 is 2.41 bits per heavy atom. The molecule has 1 heterocycles. The number of anilines is 2. The predicted octanol–water partition coefficient (Wildman–Crippen LogP) is 4.45. The Kier molecular flexibility index (Phi) is 6.41. The van der Waals surface area contributed by atoms with Crippen LogP contribution in [-0.4, -0.2) is 30.1 Å². The second kappa shape index (κ2) is 9.16. The number of hydrogen-bond donors (Lipinski definition) is 2. The van der Waals surface area contributed by atoms with Gasteiger partial charge in [0.05, 0.1) is 19.8 Å². The molecule has 0 unspecified atom stereocenters. The SMILES string of the molecule is COc1ccc(C(=O)Nc2ccc(C(=S)Nc3ncccc3C)cc2)c(OC)c1. The molecule has 7 heteroatoms. The average Bonchev–Trinajstić information content (AvgIpc) is 2.75. The van der Waals surface area contributed by atoms with Crippen LogP contribution in [0.4, 0.5) is 11.5 Å². The minimum Gasteiger partial charge on any atom is -0.497 e. The largest absolute Gasteiger partial charge is 0.497 e. The molecule has 2 N–H and O–H groups in total. The zero-order valence-electron chi connectivity index (χ0n) is 16.4. The molecular weight excluding hydrogens is 386 g/mol. The van der Waals surface area contributed by atoms with Gasteiger partial charge in [-0.15, -0.1) is 0 Å². The second-order valence-electron chi connectivity index (χ2n) is 6.22. The fraction of sp³-hybridized carbons (Fsp3) is 0.136. The van der Waals surface area contributed by atoms with Crippen LogP contribution in [0.25, 0.3) is 0 Å². The van der Waals surface area contributed by atoms with Crippen LogP contribution in [0.5, 0.6) is 11.5 Å². The van der Waals surface area contributed by atoms with Crippen molar-refractivity contribution in [3.8, 4) is 11.5 Å². The Balaban J connectivity index is 1.70. The lowest BCUT2D eigenvalue weighted by Gasteiger charge is -2.12. The third kappa shape index (κ3) is 4.89. The molecule has 0 fully saturated rings. The molecule has 6 nitrogen and oxygen atoms in total. The van der Waals surface area contributed by atoms with Crippen LogP contribution in [0.2, 0.25) is 0 Å². The average molecular weight is 407 g/mol. The highest BCUT2D eigenvalue weighted by Crippen LogP contribution is 2.25. The number of aryl methyl sites for hydroxylation is 1. The first-order valence-electron chi connectivity index (χ1n) is 8.88. The van der Waals surface area contributed by atoms with Gasteiger partial charge in [0.2, 0.25) is 0 Å². The Bertz CT molecular complexity index is 1040. The van der Waals surface area contributed by atoms with E-state index in [1.807, 2.05) is 31.2 Å². The number of nitrogens with zero attached hydrogens (tertiary/aromatic N) is 1. The lowest BCUT2D eigenvalue weighted by Crippen LogP contribution is -2.14. The van der Waals surface area contributed by atoms with E-state index >= 15 is 0 Å². The highest BCUT2D eigenvalue weighted by Gasteiger charge is 2.14. The maximum atomic E-state index is 12.6. The standard InChI is InChI=1S/C22H21N3O3S/c1-14-5-4-12-23-20(14)25-22(29)15-6-8-16(9-7-15)24-21(26)18-11-10-17(27-2)13-19(18)28-3/h4-13H,1-3H3,(H,24,26)(H,23,25,29). The molecule has 0 saturated heterocycles. The predicted molar refractivity (Wildman–Crippen MR) is 118 cm³/mol. The van der Waals surface area contributed by atoms with Gasteiger partial charge < -0.3 is 20.1 Å². The van der Waals surface area contributed by atoms with Gasteiger partial charge in [-0.3, -0.25) is 4.79 Å². The summed E-state index contributed by atoms with van der Waals surface area (Å²) in [5.41, 5.74) is 2.89. The first kappa shape index (κ1) is 20.3. The van der Waals surface area contributed by atoms with E-state index in [1.54, 1.807) is 43.6 Å². The van der Waals surface area contributed by atoms with Crippen molar-refractivity contribution in [2.24, 2.45) is 0 Å². The van der Waals surface area contributed by atoms with E-state index in [2.05, 4.69) is 15.6 Å². The van der Waals surface area contributed by atoms with E-state index in [1.165, 1.54) is 7.11 Å². The highest BCUT2D eigenvalue weighted by atomic mass is 32.1. The number of carbonyl (C=O) groups is 1. The highest BCUT2D eigenvalue weighted by molar-refractivity contribution is 7.81. The van der Waals surface area contributed by atoms with Crippen LogP contribution in [0.3, 0.4) is 0 Å². The van der Waals surface area contributed by atoms with Crippen molar-refractivity contribution < 1.29 is 14.3 Å². The van der Waals surface area contributed by atoms with Crippen molar-refractivity contribution in [3.05, 3.63) is 77.5 Å². The molecule has 0 radical (unpaired) electrons. The van der Waals surface area contributed by atoms with Gasteiger partial charge in [-0.1, -0.05) is 18.3 Å². The third-order valence-corrected chi connectivity index (χ3v) is 4.64. The number of ether oxygens (including phenoxy) is 2. The number of hydrogen-bond acceptors (Lipinski definition) is 5. The van der Waals surface area contributed by atoms with E-state index in [0.717, 1.165) is 16.9 Å². The van der Waals surface area contributed by atoms with Crippen LogP contribution in [0, 0.1) is 6.92 Å². The van der Waals surface area contributed by atoms with Crippen molar-refractivity contribution in [3.63, 3.8) is 0 Å². The van der Waals surface area contributed by atoms with E-state index in [-0.39, 0.29) is 5.91 Å². The van der Waals surface area contributed by atoms with Crippen LogP contribution in [-0.2, 0) is 0 Å². The lowest BCUT2D eigenvalue weighted by atomic mass is 10.1. The van der Waals surface area contributed by atoms with E-state index in [0.29, 0.717) is 27.7 Å². The van der Waals surface area contributed by atoms with Gasteiger partial charge in [-0.05, 0) is 55.0 Å². The summed E-state index contributed by atoms with van der Waals surface area (Å²) in [7, 11) is 3.07. The van der Waals surface area contributed by atoms with Gasteiger partial charge in [-0.2, -0.15) is 0 Å². The summed E-state index contributed by atoms with van der Waals surface area (Å²) < 4.78 is 10.5. The summed E-state index contributed by atoms with van der Waals surface area (Å²) in [5, 5.41) is 6.00. The number of rotatable bonds is 6. The van der Waals surface area contributed by atoms with Gasteiger partial charge >= 0.3 is 0 Å². The molecule has 0 aliphatic heterocycles. The summed E-state index contributed by atoms with van der Waals surface area (Å²) in [5.74, 6) is 1.50. The van der Waals surface area contributed by atoms with Crippen molar-refractivity contribution in [1.29, 1.82) is 0 Å². The maximum Gasteiger partial charge on any atom is 0.259 e. The van der Waals surface area contributed by atoms with Crippen LogP contribution in [0.1, 0.15) is 21.5 Å². The fourth-order valence-electron chi connectivity index (χ4n) is 2.69. The van der Waals surface area contributed by atoms with Crippen molar-refractivity contribution in [2.75, 3.05) is 24.9 Å². The number of benzene rings is 2. The van der Waals surface area contributed by atoms with Gasteiger partial charge in [0.1, 0.15) is 22.3 Å². The Morgan fingerprint density at radius 2 is 1.76 bits per heavy atom. The summed E-state index contributed by atoms with van der Waals surface area (Å²) in [6, 6.07) is 16.2. The minimum absolute atomic E-state index is 0.276. The number of aromatic nitrogens is 1. The molecule has 0 aliphatic rings. The molecule has 1 aromatic heterocycles. The summed E-state index contributed by atoms with van der Waals surface area (Å²) >= 11 is 5.46. The number of carbonyl (C=O) groups excluding carboxylic acids is 1. The maximum absolute atomic E-state index is 12.6. The molecule has 148 valence electrons. The summed E-state index contributed by atoms with van der Waals surface area (Å²) in [4.78, 5) is 17.5. The van der Waals surface area contributed by atoms with E-state index in [4.69, 9.17) is 21.7 Å². The van der Waals surface area contributed by atoms with E-state index in [9.17, 15) is 4.79 Å². The van der Waals surface area contributed by atoms with Crippen LogP contribution >= 0.6 is 12.2 Å². The number of pyridine rings is 1. The first-order valence-corrected chi connectivity index (χ1v) is 9.29. The lowest BCUT2D eigenvalue weighted by molar-refractivity contribution is 0.102. The molecule has 0 bridgehead atoms. The fourth-order valence-corrected chi connectivity index (χ4v) is 2.92. The zero-order valence-corrected chi connectivity index (χ0v) is 17.2. The molecule has 3 aromatic rings. The summed E-state index contributed by atoms with van der Waals surface area (Å²) in [6.45, 7) is 1.96. The Morgan fingerprint density at radius 1 is 1.00 bits per heavy atom. The number of nitrogens with one attached hydrogen (secondary N) is 2. The number of thiocarbonyl (C=S) groups is 1. The normalized spacial score (nSPS) is 10.2. The van der Waals surface area contributed by atoms with Gasteiger partial charge in [0.25, 0.3) is 5.91 Å². The molecule has 0 aliphatic carbocycles. The minimum atomic E-state index is -0.276.